The van der Waals surface area contributed by atoms with Crippen LogP contribution in [-0.4, -0.2) is 56.5 Å². The molecule has 0 aliphatic heterocycles. The van der Waals surface area contributed by atoms with E-state index in [-0.39, 0.29) is 6.04 Å². The smallest absolute Gasteiger partial charge is 0.225 e. The van der Waals surface area contributed by atoms with Crippen LogP contribution in [-0.2, 0) is 15.9 Å². The van der Waals surface area contributed by atoms with Crippen molar-refractivity contribution in [2.45, 2.75) is 19.4 Å². The van der Waals surface area contributed by atoms with Crippen molar-refractivity contribution < 1.29 is 9.47 Å². The van der Waals surface area contributed by atoms with E-state index >= 15 is 0 Å². The van der Waals surface area contributed by atoms with Gasteiger partial charge in [-0.05, 0) is 25.5 Å². The second kappa shape index (κ2) is 8.79. The van der Waals surface area contributed by atoms with Crippen molar-refractivity contribution in [3.05, 3.63) is 18.0 Å². The lowest BCUT2D eigenvalue weighted by Gasteiger charge is -2.28. The molecule has 1 unspecified atom stereocenters. The molecule has 6 nitrogen and oxygen atoms in total. The number of hydrogen-bond acceptors (Lipinski definition) is 6. The van der Waals surface area contributed by atoms with Crippen molar-refractivity contribution in [3.63, 3.8) is 0 Å². The number of methoxy groups -OCH3 is 2. The number of anilines is 1. The first-order valence-electron chi connectivity index (χ1n) is 6.48. The molecule has 6 heteroatoms. The van der Waals surface area contributed by atoms with Gasteiger partial charge in [0.15, 0.2) is 0 Å². The fourth-order valence-corrected chi connectivity index (χ4v) is 1.83. The van der Waals surface area contributed by atoms with Gasteiger partial charge in [-0.1, -0.05) is 0 Å². The maximum atomic E-state index is 5.51. The molecule has 0 bridgehead atoms. The van der Waals surface area contributed by atoms with Crippen LogP contribution in [0.4, 0.5) is 5.95 Å². The highest BCUT2D eigenvalue weighted by Gasteiger charge is 2.16. The molecule has 1 rings (SSSR count). The average Bonchev–Trinajstić information content (AvgIpc) is 2.41. The Morgan fingerprint density at radius 2 is 1.95 bits per heavy atom. The van der Waals surface area contributed by atoms with Crippen LogP contribution in [0.1, 0.15) is 12.5 Å². The Kier molecular flexibility index (Phi) is 7.32. The van der Waals surface area contributed by atoms with Crippen LogP contribution in [0, 0.1) is 0 Å². The zero-order valence-electron chi connectivity index (χ0n) is 12.0. The molecule has 19 heavy (non-hydrogen) atoms. The average molecular weight is 268 g/mol. The van der Waals surface area contributed by atoms with Gasteiger partial charge in [-0.25, -0.2) is 9.97 Å². The number of rotatable bonds is 9. The first-order chi connectivity index (χ1) is 9.22. The number of ether oxygens (including phenoxy) is 2. The van der Waals surface area contributed by atoms with E-state index in [1.165, 1.54) is 0 Å². The second-order valence-electron chi connectivity index (χ2n) is 4.42. The zero-order chi connectivity index (χ0) is 14.1. The summed E-state index contributed by atoms with van der Waals surface area (Å²) in [6.07, 6.45) is 4.45. The van der Waals surface area contributed by atoms with Crippen molar-refractivity contribution in [1.82, 2.24) is 9.97 Å². The molecular weight excluding hydrogens is 244 g/mol. The van der Waals surface area contributed by atoms with E-state index in [2.05, 4.69) is 21.8 Å². The highest BCUT2D eigenvalue weighted by atomic mass is 16.5. The maximum absolute atomic E-state index is 5.51. The third kappa shape index (κ3) is 5.10. The fourth-order valence-electron chi connectivity index (χ4n) is 1.83. The van der Waals surface area contributed by atoms with E-state index in [0.29, 0.717) is 25.7 Å². The van der Waals surface area contributed by atoms with Crippen molar-refractivity contribution in [3.8, 4) is 0 Å². The van der Waals surface area contributed by atoms with E-state index in [0.717, 1.165) is 18.5 Å². The summed E-state index contributed by atoms with van der Waals surface area (Å²) < 4.78 is 10.3. The highest BCUT2D eigenvalue weighted by Crippen LogP contribution is 2.11. The van der Waals surface area contributed by atoms with Gasteiger partial charge in [0.05, 0.1) is 19.3 Å². The quantitative estimate of drug-likeness (QED) is 0.701. The third-order valence-corrected chi connectivity index (χ3v) is 2.86. The molecule has 2 N–H and O–H groups in total. The largest absolute Gasteiger partial charge is 0.383 e. The number of nitrogens with two attached hydrogens (primary N) is 1. The molecule has 0 spiro atoms. The third-order valence-electron chi connectivity index (χ3n) is 2.86. The van der Waals surface area contributed by atoms with E-state index < -0.39 is 0 Å². The van der Waals surface area contributed by atoms with Crippen LogP contribution in [0.25, 0.3) is 0 Å². The highest BCUT2D eigenvalue weighted by molar-refractivity contribution is 5.31. The van der Waals surface area contributed by atoms with Gasteiger partial charge < -0.3 is 20.1 Å². The summed E-state index contributed by atoms with van der Waals surface area (Å²) in [5.41, 5.74) is 6.57. The number of nitrogens with zero attached hydrogens (tertiary/aromatic N) is 3. The predicted molar refractivity (Wildman–Crippen MR) is 75.4 cm³/mol. The van der Waals surface area contributed by atoms with E-state index in [1.54, 1.807) is 14.2 Å². The van der Waals surface area contributed by atoms with Gasteiger partial charge in [-0.15, -0.1) is 0 Å². The van der Waals surface area contributed by atoms with Crippen LogP contribution in [0.2, 0.25) is 0 Å². The fraction of sp³-hybridized carbons (Fsp3) is 0.692. The summed E-state index contributed by atoms with van der Waals surface area (Å²) in [6, 6.07) is 0.195. The SMILES string of the molecule is COCCN(c1ncc(CCN)cn1)C(C)COC. The summed E-state index contributed by atoms with van der Waals surface area (Å²) in [5.74, 6) is 0.697. The lowest BCUT2D eigenvalue weighted by Crippen LogP contribution is -2.39. The van der Waals surface area contributed by atoms with Gasteiger partial charge in [0.25, 0.3) is 0 Å². The molecule has 0 fully saturated rings. The Balaban J connectivity index is 2.77. The first-order valence-corrected chi connectivity index (χ1v) is 6.48. The minimum Gasteiger partial charge on any atom is -0.383 e. The zero-order valence-corrected chi connectivity index (χ0v) is 12.0. The summed E-state index contributed by atoms with van der Waals surface area (Å²) in [7, 11) is 3.38. The summed E-state index contributed by atoms with van der Waals surface area (Å²) >= 11 is 0. The molecule has 1 heterocycles. The van der Waals surface area contributed by atoms with Gasteiger partial charge in [0.1, 0.15) is 0 Å². The van der Waals surface area contributed by atoms with Gasteiger partial charge in [-0.3, -0.25) is 0 Å². The molecule has 0 aliphatic carbocycles. The van der Waals surface area contributed by atoms with Crippen molar-refractivity contribution in [2.24, 2.45) is 5.73 Å². The van der Waals surface area contributed by atoms with Crippen molar-refractivity contribution in [2.75, 3.05) is 45.4 Å². The standard InChI is InChI=1S/C13H24N4O2/c1-11(10-19-3)17(6-7-18-2)13-15-8-12(4-5-14)9-16-13/h8-9,11H,4-7,10,14H2,1-3H3. The van der Waals surface area contributed by atoms with Crippen molar-refractivity contribution >= 4 is 5.95 Å². The van der Waals surface area contributed by atoms with Crippen LogP contribution in [0.5, 0.6) is 0 Å². The molecule has 0 saturated carbocycles. The predicted octanol–water partition coefficient (Wildman–Crippen LogP) is 0.466. The Labute approximate surface area is 114 Å². The minimum absolute atomic E-state index is 0.195. The molecule has 0 aliphatic rings. The van der Waals surface area contributed by atoms with Gasteiger partial charge in [-0.2, -0.15) is 0 Å². The molecule has 0 radical (unpaired) electrons. The molecule has 1 atom stereocenters. The Bertz CT molecular complexity index is 345. The maximum Gasteiger partial charge on any atom is 0.225 e. The summed E-state index contributed by atoms with van der Waals surface area (Å²) in [4.78, 5) is 10.9. The first kappa shape index (κ1) is 15.8. The number of hydrogen-bond donors (Lipinski definition) is 1. The monoisotopic (exact) mass is 268 g/mol. The second-order valence-corrected chi connectivity index (χ2v) is 4.42. The van der Waals surface area contributed by atoms with E-state index in [4.69, 9.17) is 15.2 Å². The Morgan fingerprint density at radius 3 is 2.47 bits per heavy atom. The van der Waals surface area contributed by atoms with Gasteiger partial charge >= 0.3 is 0 Å². The number of aromatic nitrogens is 2. The Morgan fingerprint density at radius 1 is 1.26 bits per heavy atom. The molecular formula is C13H24N4O2. The van der Waals surface area contributed by atoms with Crippen LogP contribution in [0.15, 0.2) is 12.4 Å². The molecule has 1 aromatic rings. The summed E-state index contributed by atoms with van der Waals surface area (Å²) in [6.45, 7) is 4.67. The van der Waals surface area contributed by atoms with E-state index in [1.807, 2.05) is 12.4 Å². The molecule has 1 aromatic heterocycles. The van der Waals surface area contributed by atoms with Crippen LogP contribution in [0.3, 0.4) is 0 Å². The lowest BCUT2D eigenvalue weighted by molar-refractivity contribution is 0.170. The minimum atomic E-state index is 0.195. The van der Waals surface area contributed by atoms with E-state index in [9.17, 15) is 0 Å². The normalized spacial score (nSPS) is 12.4. The van der Waals surface area contributed by atoms with Crippen LogP contribution >= 0.6 is 0 Å². The topological polar surface area (TPSA) is 73.5 Å². The van der Waals surface area contributed by atoms with Gasteiger partial charge in [0, 0.05) is 33.2 Å². The molecule has 0 amide bonds. The molecule has 0 saturated heterocycles. The Hall–Kier alpha value is -1.24. The molecule has 108 valence electrons. The van der Waals surface area contributed by atoms with Crippen molar-refractivity contribution in [1.29, 1.82) is 0 Å². The van der Waals surface area contributed by atoms with Crippen LogP contribution < -0.4 is 10.6 Å². The molecule has 0 aromatic carbocycles. The summed E-state index contributed by atoms with van der Waals surface area (Å²) in [5, 5.41) is 0. The lowest BCUT2D eigenvalue weighted by atomic mass is 10.2. The van der Waals surface area contributed by atoms with Gasteiger partial charge in [0.2, 0.25) is 5.95 Å².